The second-order valence-corrected chi connectivity index (χ2v) is 20.9. The van der Waals surface area contributed by atoms with E-state index in [0.29, 0.717) is 98.5 Å². The van der Waals surface area contributed by atoms with Crippen molar-refractivity contribution in [2.45, 2.75) is 81.1 Å². The van der Waals surface area contributed by atoms with Crippen LogP contribution >= 0.6 is 23.2 Å². The van der Waals surface area contributed by atoms with Gasteiger partial charge in [0.05, 0.1) is 16.8 Å². The molecule has 5 heterocycles. The molecule has 1 atom stereocenters. The number of piperazine rings is 1. The second kappa shape index (κ2) is 23.1. The van der Waals surface area contributed by atoms with E-state index in [4.69, 9.17) is 55.0 Å². The third kappa shape index (κ3) is 13.5. The standard InChI is InChI=1S/C34H44Cl2N8O5S.C12H13N3O2.C2HF3O2/c1-22-10-11-23-7-6-9-27(30(23)41-22)49-21-24-25(35)12-13-28(29(24)36)50(47,48)42-34(14-3-4-15-34)32(46)44-19-17-43(18-20-44)31(45)26(37)8-2-5-16-40-33(38)39;16-9-7-8(13-1-2-13)12(17)11(15-5-6-15)10(9)14-3-4-14;3-2(4,5)1(6)7/h6-7,9-13,26,42H,2-5,8,14-21,37H2,1H3,(H4,38,39,40);7H,1-6H2;(H,6,7). The second-order valence-electron chi connectivity index (χ2n) is 18.5. The van der Waals surface area contributed by atoms with Gasteiger partial charge in [0.1, 0.15) is 39.7 Å². The van der Waals surface area contributed by atoms with Crippen LogP contribution in [-0.2, 0) is 40.6 Å². The topological polar surface area (TPSA) is 280 Å². The number of nitrogens with one attached hydrogen (secondary N) is 1. The van der Waals surface area contributed by atoms with Crippen LogP contribution in [0.5, 0.6) is 5.75 Å². The molecule has 1 saturated carbocycles. The van der Waals surface area contributed by atoms with E-state index in [2.05, 4.69) is 14.7 Å². The Hall–Kier alpha value is -6.21. The number of nitrogens with two attached hydrogens (primary N) is 3. The average Bonchev–Trinajstić information content (AvgIpc) is 4.22. The van der Waals surface area contributed by atoms with Crippen molar-refractivity contribution in [1.29, 1.82) is 0 Å². The number of halogens is 5. The van der Waals surface area contributed by atoms with Gasteiger partial charge in [-0.15, -0.1) is 0 Å². The molecular weight excluding hydrogens is 1030 g/mol. The number of nitrogens with zero attached hydrogens (tertiary/aromatic N) is 7. The molecule has 9 rings (SSSR count). The van der Waals surface area contributed by atoms with Gasteiger partial charge < -0.3 is 51.5 Å². The van der Waals surface area contributed by atoms with Crippen LogP contribution < -0.4 is 26.7 Å². The maximum atomic E-state index is 14.1. The first-order valence-electron chi connectivity index (χ1n) is 24.0. The van der Waals surface area contributed by atoms with Gasteiger partial charge in [-0.05, 0) is 63.3 Å². The summed E-state index contributed by atoms with van der Waals surface area (Å²) in [5.74, 6) is -2.68. The number of aliphatic carboxylic acids is 1. The number of Topliss-reactive ketones (excluding diaryl/α,β-unsaturated/α-hetero) is 1. The Labute approximate surface area is 435 Å². The third-order valence-corrected chi connectivity index (χ3v) is 15.5. The highest BCUT2D eigenvalue weighted by molar-refractivity contribution is 7.89. The van der Waals surface area contributed by atoms with Crippen molar-refractivity contribution < 1.29 is 55.4 Å². The minimum absolute atomic E-state index is 0.00546. The number of ketones is 2. The Balaban J connectivity index is 0.000000269. The fourth-order valence-corrected chi connectivity index (χ4v) is 11.1. The van der Waals surface area contributed by atoms with E-state index in [9.17, 15) is 40.8 Å². The number of para-hydroxylation sites is 1. The summed E-state index contributed by atoms with van der Waals surface area (Å²) >= 11 is 13.2. The fourth-order valence-electron chi connectivity index (χ4n) is 8.80. The van der Waals surface area contributed by atoms with Gasteiger partial charge in [-0.2, -0.15) is 17.9 Å². The molecule has 2 aromatic carbocycles. The largest absolute Gasteiger partial charge is 0.490 e. The Morgan fingerprint density at radius 3 is 2.08 bits per heavy atom. The number of aryl methyl sites for hydroxylation is 1. The lowest BCUT2D eigenvalue weighted by Gasteiger charge is -2.40. The highest BCUT2D eigenvalue weighted by Crippen LogP contribution is 2.38. The fraction of sp³-hybridized carbons (Fsp3) is 0.479. The van der Waals surface area contributed by atoms with Crippen LogP contribution in [0.25, 0.3) is 10.9 Å². The Morgan fingerprint density at radius 2 is 1.49 bits per heavy atom. The lowest BCUT2D eigenvalue weighted by molar-refractivity contribution is -0.192. The van der Waals surface area contributed by atoms with Crippen LogP contribution in [0, 0.1) is 6.92 Å². The molecule has 5 fully saturated rings. The van der Waals surface area contributed by atoms with Crippen molar-refractivity contribution >= 4 is 79.4 Å². The summed E-state index contributed by atoms with van der Waals surface area (Å²) in [6, 6.07) is 11.5. The van der Waals surface area contributed by atoms with Gasteiger partial charge in [-0.1, -0.05) is 54.2 Å². The number of carboxylic acid groups (broad SMARTS) is 1. The number of sulfonamides is 1. The zero-order valence-electron chi connectivity index (χ0n) is 40.5. The third-order valence-electron chi connectivity index (χ3n) is 13.0. The van der Waals surface area contributed by atoms with E-state index >= 15 is 0 Å². The zero-order chi connectivity index (χ0) is 53.7. The maximum Gasteiger partial charge on any atom is 0.490 e. The minimum Gasteiger partial charge on any atom is -0.487 e. The summed E-state index contributed by atoms with van der Waals surface area (Å²) in [6.45, 7) is 8.77. The summed E-state index contributed by atoms with van der Waals surface area (Å²) in [7, 11) is -4.29. The molecule has 74 heavy (non-hydrogen) atoms. The number of guanidine groups is 1. The van der Waals surface area contributed by atoms with Gasteiger partial charge in [-0.25, -0.2) is 18.2 Å². The molecule has 6 aliphatic rings. The normalized spacial score (nSPS) is 18.5. The van der Waals surface area contributed by atoms with Crippen molar-refractivity contribution in [1.82, 2.24) is 34.2 Å². The molecule has 3 aromatic rings. The molecule has 2 amide bonds. The number of unbranched alkanes of at least 4 members (excludes halogenated alkanes) is 1. The first kappa shape index (κ1) is 55.5. The van der Waals surface area contributed by atoms with E-state index in [1.807, 2.05) is 45.9 Å². The number of amides is 2. The monoisotopic (exact) mass is 1090 g/mol. The highest BCUT2D eigenvalue weighted by atomic mass is 35.5. The van der Waals surface area contributed by atoms with Crippen LogP contribution in [-0.4, -0.2) is 168 Å². The number of carbonyl (C=O) groups is 5. The smallest absolute Gasteiger partial charge is 0.487 e. The minimum atomic E-state index is -5.08. The summed E-state index contributed by atoms with van der Waals surface area (Å²) in [5, 5.41) is 8.17. The van der Waals surface area contributed by atoms with Crippen LogP contribution in [0.1, 0.15) is 56.2 Å². The molecule has 2 aliphatic carbocycles. The molecule has 4 saturated heterocycles. The average molecular weight is 1090 g/mol. The van der Waals surface area contributed by atoms with Crippen molar-refractivity contribution in [2.24, 2.45) is 22.2 Å². The van der Waals surface area contributed by atoms with Gasteiger partial charge in [-0.3, -0.25) is 24.2 Å². The van der Waals surface area contributed by atoms with E-state index in [0.717, 1.165) is 50.3 Å². The number of aromatic nitrogens is 1. The van der Waals surface area contributed by atoms with Crippen molar-refractivity contribution in [3.05, 3.63) is 86.9 Å². The summed E-state index contributed by atoms with van der Waals surface area (Å²) in [6.07, 6.45) is 0.358. The highest BCUT2D eigenvalue weighted by Gasteiger charge is 2.48. The van der Waals surface area contributed by atoms with E-state index < -0.39 is 33.7 Å². The van der Waals surface area contributed by atoms with Crippen LogP contribution in [0.3, 0.4) is 0 Å². The Morgan fingerprint density at radius 1 is 0.878 bits per heavy atom. The van der Waals surface area contributed by atoms with Crippen LogP contribution in [0.2, 0.25) is 10.0 Å². The van der Waals surface area contributed by atoms with Crippen LogP contribution in [0.4, 0.5) is 13.2 Å². The molecule has 26 heteroatoms. The molecule has 8 N–H and O–H groups in total. The van der Waals surface area contributed by atoms with E-state index in [1.165, 1.54) is 18.2 Å². The lowest BCUT2D eigenvalue weighted by Crippen LogP contribution is -2.62. The number of carbonyl (C=O) groups excluding carboxylic acids is 4. The van der Waals surface area contributed by atoms with Crippen LogP contribution in [0.15, 0.2) is 75.5 Å². The zero-order valence-corrected chi connectivity index (χ0v) is 42.8. The van der Waals surface area contributed by atoms with Gasteiger partial charge in [0.2, 0.25) is 33.4 Å². The number of hydrogen-bond donors (Lipinski definition) is 5. The molecular formula is C48H58Cl2F3N11O9S. The molecule has 4 aliphatic heterocycles. The molecule has 1 unspecified atom stereocenters. The van der Waals surface area contributed by atoms with E-state index in [-0.39, 0.29) is 64.0 Å². The lowest BCUT2D eigenvalue weighted by atomic mass is 9.96. The predicted octanol–water partition coefficient (Wildman–Crippen LogP) is 3.28. The Bertz CT molecular complexity index is 2880. The number of rotatable bonds is 16. The molecule has 400 valence electrons. The molecule has 20 nitrogen and oxygen atoms in total. The summed E-state index contributed by atoms with van der Waals surface area (Å²) < 4.78 is 68.5. The number of aliphatic imine (C=N–C) groups is 1. The Kier molecular flexibility index (Phi) is 17.4. The number of allylic oxidation sites excluding steroid dienone is 1. The quantitative estimate of drug-likeness (QED) is 0.0453. The maximum absolute atomic E-state index is 14.1. The van der Waals surface area contributed by atoms with Crippen molar-refractivity contribution in [3.63, 3.8) is 0 Å². The first-order chi connectivity index (χ1) is 35.0. The van der Waals surface area contributed by atoms with Gasteiger partial charge in [0, 0.05) is 99.7 Å². The SMILES string of the molecule is Cc1ccc2cccc(OCc3c(Cl)ccc(S(=O)(=O)NC4(C(=O)N5CCN(C(=O)C(N)CCCCN=C(N)N)CC5)CCCC4)c3Cl)c2n1.O=C(O)C(F)(F)F.O=C1C=C(N2CC2)C(=O)C(N2CC2)=C1N1CC1. The summed E-state index contributed by atoms with van der Waals surface area (Å²) in [4.78, 5) is 78.0. The van der Waals surface area contributed by atoms with Gasteiger partial charge in [0.15, 0.2) is 5.96 Å². The number of carboxylic acids is 1. The number of ether oxygens (including phenoxy) is 1. The molecule has 0 radical (unpaired) electrons. The van der Waals surface area contributed by atoms with Gasteiger partial charge in [0.25, 0.3) is 0 Å². The molecule has 0 bridgehead atoms. The first-order valence-corrected chi connectivity index (χ1v) is 26.2. The number of alkyl halides is 3. The van der Waals surface area contributed by atoms with Gasteiger partial charge >= 0.3 is 12.1 Å². The molecule has 0 spiro atoms. The van der Waals surface area contributed by atoms with E-state index in [1.54, 1.807) is 15.9 Å². The van der Waals surface area contributed by atoms with Crippen molar-refractivity contribution in [2.75, 3.05) is 72.0 Å². The van der Waals surface area contributed by atoms with Crippen molar-refractivity contribution in [3.8, 4) is 5.75 Å². The number of benzene rings is 2. The predicted molar refractivity (Wildman–Crippen MR) is 268 cm³/mol. The summed E-state index contributed by atoms with van der Waals surface area (Å²) in [5.41, 5.74) is 19.2. The molecule has 1 aromatic heterocycles. The number of pyridine rings is 1. The number of fused-ring (bicyclic) bond motifs is 1. The number of hydrogen-bond acceptors (Lipinski definition) is 14.